The molecule has 0 aliphatic rings. The van der Waals surface area contributed by atoms with Crippen LogP contribution in [0.3, 0.4) is 0 Å². The summed E-state index contributed by atoms with van der Waals surface area (Å²) in [6, 6.07) is 4.44. The second kappa shape index (κ2) is 5.89. The maximum Gasteiger partial charge on any atom is 0.0972 e. The number of pyridine rings is 1. The Morgan fingerprint density at radius 3 is 3.00 bits per heavy atom. The quantitative estimate of drug-likeness (QED) is 0.883. The van der Waals surface area contributed by atoms with E-state index in [1.165, 1.54) is 10.4 Å². The van der Waals surface area contributed by atoms with Crippen molar-refractivity contribution in [2.24, 2.45) is 0 Å². The van der Waals surface area contributed by atoms with Gasteiger partial charge >= 0.3 is 0 Å². The summed E-state index contributed by atoms with van der Waals surface area (Å²) in [5, 5.41) is 4.55. The van der Waals surface area contributed by atoms with Crippen LogP contribution in [0.1, 0.15) is 35.3 Å². The lowest BCUT2D eigenvalue weighted by Crippen LogP contribution is -2.16. The van der Waals surface area contributed by atoms with Crippen molar-refractivity contribution in [1.29, 1.82) is 0 Å². The highest BCUT2D eigenvalue weighted by Gasteiger charge is 2.08. The highest BCUT2D eigenvalue weighted by molar-refractivity contribution is 7.11. The van der Waals surface area contributed by atoms with Crippen LogP contribution in [-0.4, -0.2) is 16.5 Å². The van der Waals surface area contributed by atoms with E-state index in [9.17, 15) is 0 Å². The van der Waals surface area contributed by atoms with E-state index >= 15 is 0 Å². The second-order valence-electron chi connectivity index (χ2n) is 3.97. The molecule has 2 aromatic heterocycles. The summed E-state index contributed by atoms with van der Waals surface area (Å²) in [5.74, 6) is 0. The minimum Gasteiger partial charge on any atom is -0.310 e. The van der Waals surface area contributed by atoms with Crippen molar-refractivity contribution in [3.8, 4) is 0 Å². The summed E-state index contributed by atoms with van der Waals surface area (Å²) < 4.78 is 0. The van der Waals surface area contributed by atoms with Gasteiger partial charge in [-0.05, 0) is 25.1 Å². The van der Waals surface area contributed by atoms with Gasteiger partial charge in [0.05, 0.1) is 5.01 Å². The monoisotopic (exact) mass is 247 g/mol. The van der Waals surface area contributed by atoms with E-state index in [0.717, 1.165) is 18.0 Å². The Bertz CT molecular complexity index is 453. The smallest absolute Gasteiger partial charge is 0.0972 e. The topological polar surface area (TPSA) is 37.8 Å². The third-order valence-corrected chi connectivity index (χ3v) is 3.77. The van der Waals surface area contributed by atoms with Crippen molar-refractivity contribution >= 4 is 11.3 Å². The molecule has 1 N–H and O–H groups in total. The number of nitrogens with zero attached hydrogens (tertiary/aromatic N) is 2. The van der Waals surface area contributed by atoms with Gasteiger partial charge in [0.2, 0.25) is 0 Å². The van der Waals surface area contributed by atoms with Crippen LogP contribution in [0.15, 0.2) is 30.7 Å². The van der Waals surface area contributed by atoms with Crippen LogP contribution in [0.5, 0.6) is 0 Å². The number of nitrogens with one attached hydrogen (secondary N) is 1. The first-order valence-electron chi connectivity index (χ1n) is 5.86. The molecule has 2 heterocycles. The molecule has 0 bridgehead atoms. The first-order chi connectivity index (χ1) is 8.29. The number of thiazole rings is 1. The molecule has 3 nitrogen and oxygen atoms in total. The van der Waals surface area contributed by atoms with Crippen LogP contribution < -0.4 is 5.32 Å². The van der Waals surface area contributed by atoms with E-state index in [4.69, 9.17) is 0 Å². The highest BCUT2D eigenvalue weighted by atomic mass is 32.1. The molecule has 4 heteroatoms. The molecule has 0 aliphatic heterocycles. The number of hydrogen-bond donors (Lipinski definition) is 1. The van der Waals surface area contributed by atoms with E-state index in [-0.39, 0.29) is 0 Å². The molecule has 0 radical (unpaired) electrons. The van der Waals surface area contributed by atoms with Gasteiger partial charge in [-0.3, -0.25) is 4.98 Å². The Morgan fingerprint density at radius 2 is 2.29 bits per heavy atom. The summed E-state index contributed by atoms with van der Waals surface area (Å²) in [4.78, 5) is 9.88. The summed E-state index contributed by atoms with van der Waals surface area (Å²) in [5.41, 5.74) is 1.21. The van der Waals surface area contributed by atoms with Gasteiger partial charge in [-0.2, -0.15) is 0 Å². The van der Waals surface area contributed by atoms with Crippen molar-refractivity contribution in [2.45, 2.75) is 26.3 Å². The maximum absolute atomic E-state index is 4.47. The Hall–Kier alpha value is -1.26. The lowest BCUT2D eigenvalue weighted by atomic mass is 10.2. The van der Waals surface area contributed by atoms with Crippen LogP contribution in [0.25, 0.3) is 0 Å². The van der Waals surface area contributed by atoms with Crippen LogP contribution in [0.4, 0.5) is 0 Å². The van der Waals surface area contributed by atoms with Gasteiger partial charge in [0, 0.05) is 35.9 Å². The van der Waals surface area contributed by atoms with Gasteiger partial charge in [0.1, 0.15) is 0 Å². The zero-order valence-corrected chi connectivity index (χ0v) is 11.0. The van der Waals surface area contributed by atoms with E-state index in [1.807, 2.05) is 18.5 Å². The molecular formula is C13H17N3S. The molecule has 17 heavy (non-hydrogen) atoms. The van der Waals surface area contributed by atoms with Crippen LogP contribution in [0.2, 0.25) is 0 Å². The minimum absolute atomic E-state index is 0.389. The zero-order valence-electron chi connectivity index (χ0n) is 10.2. The van der Waals surface area contributed by atoms with E-state index in [2.05, 4.69) is 35.2 Å². The molecule has 0 amide bonds. The fourth-order valence-corrected chi connectivity index (χ4v) is 2.67. The minimum atomic E-state index is 0.389. The van der Waals surface area contributed by atoms with Gasteiger partial charge < -0.3 is 5.32 Å². The lowest BCUT2D eigenvalue weighted by molar-refractivity contribution is 0.606. The third kappa shape index (κ3) is 3.35. The SMILES string of the molecule is CCNC(C)c1cnc(Cc2cccnc2)s1. The standard InChI is InChI=1S/C13H17N3S/c1-3-15-10(2)12-9-16-13(17-12)7-11-5-4-6-14-8-11/h4-6,8-10,15H,3,7H2,1-2H3. The normalized spacial score (nSPS) is 12.6. The van der Waals surface area contributed by atoms with Gasteiger partial charge in [-0.15, -0.1) is 11.3 Å². The Balaban J connectivity index is 2.04. The average Bonchev–Trinajstić information content (AvgIpc) is 2.79. The lowest BCUT2D eigenvalue weighted by Gasteiger charge is -2.08. The zero-order chi connectivity index (χ0) is 12.1. The van der Waals surface area contributed by atoms with Gasteiger partial charge in [0.25, 0.3) is 0 Å². The summed E-state index contributed by atoms with van der Waals surface area (Å²) >= 11 is 1.77. The van der Waals surface area contributed by atoms with Crippen LogP contribution in [-0.2, 0) is 6.42 Å². The molecule has 2 aromatic rings. The van der Waals surface area contributed by atoms with E-state index in [0.29, 0.717) is 6.04 Å². The molecule has 1 atom stereocenters. The molecule has 0 fully saturated rings. The highest BCUT2D eigenvalue weighted by Crippen LogP contribution is 2.22. The summed E-state index contributed by atoms with van der Waals surface area (Å²) in [7, 11) is 0. The van der Waals surface area contributed by atoms with E-state index in [1.54, 1.807) is 17.5 Å². The van der Waals surface area contributed by atoms with Gasteiger partial charge in [-0.1, -0.05) is 13.0 Å². The number of hydrogen-bond acceptors (Lipinski definition) is 4. The number of aromatic nitrogens is 2. The molecule has 1 unspecified atom stereocenters. The van der Waals surface area contributed by atoms with Gasteiger partial charge in [-0.25, -0.2) is 4.98 Å². The Morgan fingerprint density at radius 1 is 1.41 bits per heavy atom. The third-order valence-electron chi connectivity index (χ3n) is 2.59. The Kier molecular flexibility index (Phi) is 4.23. The predicted molar refractivity (Wildman–Crippen MR) is 71.2 cm³/mol. The van der Waals surface area contributed by atoms with Crippen molar-refractivity contribution in [2.75, 3.05) is 6.54 Å². The fourth-order valence-electron chi connectivity index (χ4n) is 1.69. The molecule has 0 aromatic carbocycles. The molecular weight excluding hydrogens is 230 g/mol. The molecule has 0 saturated heterocycles. The van der Waals surface area contributed by atoms with Crippen molar-refractivity contribution in [3.05, 3.63) is 46.2 Å². The second-order valence-corrected chi connectivity index (χ2v) is 5.12. The van der Waals surface area contributed by atoms with Gasteiger partial charge in [0.15, 0.2) is 0 Å². The van der Waals surface area contributed by atoms with Crippen molar-refractivity contribution in [1.82, 2.24) is 15.3 Å². The number of rotatable bonds is 5. The fraction of sp³-hybridized carbons (Fsp3) is 0.385. The predicted octanol–water partition coefficient (Wildman–Crippen LogP) is 2.80. The van der Waals surface area contributed by atoms with Crippen molar-refractivity contribution in [3.63, 3.8) is 0 Å². The molecule has 0 aliphatic carbocycles. The molecule has 2 rings (SSSR count). The molecule has 0 spiro atoms. The van der Waals surface area contributed by atoms with Crippen LogP contribution >= 0.6 is 11.3 Å². The first kappa shape index (κ1) is 12.2. The van der Waals surface area contributed by atoms with E-state index < -0.39 is 0 Å². The summed E-state index contributed by atoms with van der Waals surface area (Å²) in [6.45, 7) is 5.27. The first-order valence-corrected chi connectivity index (χ1v) is 6.68. The maximum atomic E-state index is 4.47. The molecule has 0 saturated carbocycles. The van der Waals surface area contributed by atoms with Crippen molar-refractivity contribution < 1.29 is 0 Å². The largest absolute Gasteiger partial charge is 0.310 e. The van der Waals surface area contributed by atoms with Crippen LogP contribution in [0, 0.1) is 0 Å². The molecule has 90 valence electrons. The summed E-state index contributed by atoms with van der Waals surface area (Å²) in [6.07, 6.45) is 6.54. The average molecular weight is 247 g/mol. The Labute approximate surface area is 106 Å².